The third-order valence-electron chi connectivity index (χ3n) is 0.776. The fourth-order valence-electron chi connectivity index (χ4n) is 0.285. The molecule has 0 aromatic carbocycles. The molecule has 0 saturated carbocycles. The summed E-state index contributed by atoms with van der Waals surface area (Å²) in [4.78, 5) is 10.2. The first-order chi connectivity index (χ1) is 5.37. The van der Waals surface area contributed by atoms with Crippen LogP contribution in [0.4, 0.5) is 0 Å². The SMILES string of the molecule is O=C(O)[C@H](CS)NOS(=O)(=O)O. The van der Waals surface area contributed by atoms with E-state index in [1.807, 2.05) is 0 Å². The first kappa shape index (κ1) is 11.6. The zero-order valence-electron chi connectivity index (χ0n) is 5.67. The first-order valence-corrected chi connectivity index (χ1v) is 4.61. The maximum Gasteiger partial charge on any atom is 0.413 e. The van der Waals surface area contributed by atoms with Crippen LogP contribution < -0.4 is 5.48 Å². The number of hydrogen-bond acceptors (Lipinski definition) is 6. The van der Waals surface area contributed by atoms with Crippen LogP contribution in [0.3, 0.4) is 0 Å². The molecule has 1 atom stereocenters. The highest BCUT2D eigenvalue weighted by Gasteiger charge is 2.17. The van der Waals surface area contributed by atoms with Crippen LogP contribution in [0.2, 0.25) is 0 Å². The number of rotatable bonds is 5. The summed E-state index contributed by atoms with van der Waals surface area (Å²) < 4.78 is 31.5. The Morgan fingerprint density at radius 1 is 1.67 bits per heavy atom. The van der Waals surface area contributed by atoms with Crippen LogP contribution >= 0.6 is 12.6 Å². The number of hydrogen-bond donors (Lipinski definition) is 4. The third kappa shape index (κ3) is 5.32. The van der Waals surface area contributed by atoms with Crippen molar-refractivity contribution >= 4 is 29.0 Å². The van der Waals surface area contributed by atoms with Crippen LogP contribution in [0.15, 0.2) is 0 Å². The van der Waals surface area contributed by atoms with Crippen molar-refractivity contribution < 1.29 is 27.2 Å². The summed E-state index contributed by atoms with van der Waals surface area (Å²) in [5.74, 6) is -1.51. The zero-order valence-corrected chi connectivity index (χ0v) is 7.38. The van der Waals surface area contributed by atoms with Gasteiger partial charge in [-0.3, -0.25) is 9.35 Å². The molecule has 7 nitrogen and oxygen atoms in total. The summed E-state index contributed by atoms with van der Waals surface area (Å²) in [5.41, 5.74) is 1.59. The second-order valence-electron chi connectivity index (χ2n) is 1.70. The van der Waals surface area contributed by atoms with Crippen molar-refractivity contribution in [2.75, 3.05) is 5.75 Å². The maximum absolute atomic E-state index is 10.2. The van der Waals surface area contributed by atoms with Crippen molar-refractivity contribution in [2.45, 2.75) is 6.04 Å². The number of hydroxylamine groups is 1. The molecule has 0 saturated heterocycles. The normalized spacial score (nSPS) is 14.2. The molecular formula is C3H7NO6S2. The van der Waals surface area contributed by atoms with E-state index in [0.717, 1.165) is 0 Å². The highest BCUT2D eigenvalue weighted by Crippen LogP contribution is 1.90. The summed E-state index contributed by atoms with van der Waals surface area (Å²) in [6, 6.07) is -1.30. The Hall–Kier alpha value is -0.350. The second-order valence-corrected chi connectivity index (χ2v) is 3.09. The Labute approximate surface area is 74.0 Å². The van der Waals surface area contributed by atoms with Crippen molar-refractivity contribution in [3.8, 4) is 0 Å². The van der Waals surface area contributed by atoms with Crippen LogP contribution in [0, 0.1) is 0 Å². The van der Waals surface area contributed by atoms with Gasteiger partial charge in [-0.15, -0.1) is 0 Å². The molecule has 0 aromatic heterocycles. The Kier molecular flexibility index (Phi) is 4.49. The third-order valence-corrected chi connectivity index (χ3v) is 1.45. The number of thiol groups is 1. The average molecular weight is 217 g/mol. The van der Waals surface area contributed by atoms with Gasteiger partial charge in [-0.25, -0.2) is 0 Å². The predicted molar refractivity (Wildman–Crippen MR) is 41.0 cm³/mol. The molecule has 0 radical (unpaired) electrons. The molecule has 0 spiro atoms. The summed E-state index contributed by atoms with van der Waals surface area (Å²) in [7, 11) is -4.67. The van der Waals surface area contributed by atoms with Gasteiger partial charge in [0, 0.05) is 5.75 Å². The lowest BCUT2D eigenvalue weighted by Gasteiger charge is -2.08. The lowest BCUT2D eigenvalue weighted by Crippen LogP contribution is -2.39. The molecular weight excluding hydrogens is 210 g/mol. The van der Waals surface area contributed by atoms with E-state index >= 15 is 0 Å². The van der Waals surface area contributed by atoms with E-state index in [2.05, 4.69) is 16.9 Å². The van der Waals surface area contributed by atoms with Gasteiger partial charge < -0.3 is 5.11 Å². The van der Waals surface area contributed by atoms with Gasteiger partial charge in [-0.1, -0.05) is 0 Å². The molecule has 0 unspecified atom stereocenters. The van der Waals surface area contributed by atoms with Crippen LogP contribution in [0.1, 0.15) is 0 Å². The lowest BCUT2D eigenvalue weighted by atomic mass is 10.4. The Bertz CT molecular complexity index is 248. The minimum absolute atomic E-state index is 0.176. The molecule has 0 heterocycles. The monoisotopic (exact) mass is 217 g/mol. The molecule has 3 N–H and O–H groups in total. The van der Waals surface area contributed by atoms with E-state index in [9.17, 15) is 13.2 Å². The quantitative estimate of drug-likeness (QED) is 0.257. The molecule has 0 aliphatic carbocycles. The van der Waals surface area contributed by atoms with E-state index in [1.54, 1.807) is 5.48 Å². The Morgan fingerprint density at radius 2 is 2.17 bits per heavy atom. The topological polar surface area (TPSA) is 113 Å². The van der Waals surface area contributed by atoms with Crippen LogP contribution in [-0.4, -0.2) is 35.8 Å². The summed E-state index contributed by atoms with van der Waals surface area (Å²) in [6.45, 7) is 0. The predicted octanol–water partition coefficient (Wildman–Crippen LogP) is -1.31. The molecule has 0 fully saturated rings. The molecule has 0 bridgehead atoms. The standard InChI is InChI=1S/C3H7NO6S2/c5-3(6)2(1-11)4-10-12(7,8)9/h2,4,11H,1H2,(H,5,6)(H,7,8,9)/t2-/m0/s1. The van der Waals surface area contributed by atoms with Crippen molar-refractivity contribution in [3.05, 3.63) is 0 Å². The molecule has 0 amide bonds. The largest absolute Gasteiger partial charge is 0.480 e. The Balaban J connectivity index is 3.98. The van der Waals surface area contributed by atoms with Gasteiger partial charge in [0.05, 0.1) is 0 Å². The van der Waals surface area contributed by atoms with E-state index in [1.165, 1.54) is 0 Å². The van der Waals surface area contributed by atoms with Crippen LogP contribution in [0.25, 0.3) is 0 Å². The number of nitrogens with one attached hydrogen (secondary N) is 1. The summed E-state index contributed by atoms with van der Waals surface area (Å²) in [5, 5.41) is 8.30. The van der Waals surface area contributed by atoms with Gasteiger partial charge in [-0.2, -0.15) is 30.8 Å². The van der Waals surface area contributed by atoms with Gasteiger partial charge in [0.2, 0.25) is 0 Å². The first-order valence-electron chi connectivity index (χ1n) is 2.62. The Morgan fingerprint density at radius 3 is 2.42 bits per heavy atom. The van der Waals surface area contributed by atoms with E-state index in [4.69, 9.17) is 9.66 Å². The van der Waals surface area contributed by atoms with Crippen LogP contribution in [0.5, 0.6) is 0 Å². The number of aliphatic carboxylic acids is 1. The maximum atomic E-state index is 10.2. The highest BCUT2D eigenvalue weighted by atomic mass is 32.3. The molecule has 72 valence electrons. The van der Waals surface area contributed by atoms with Crippen molar-refractivity contribution in [1.29, 1.82) is 0 Å². The number of carbonyl (C=O) groups is 1. The fourth-order valence-corrected chi connectivity index (χ4v) is 0.753. The highest BCUT2D eigenvalue weighted by molar-refractivity contribution is 7.81. The second kappa shape index (κ2) is 4.62. The number of carboxylic acid groups (broad SMARTS) is 1. The molecule has 9 heteroatoms. The molecule has 12 heavy (non-hydrogen) atoms. The van der Waals surface area contributed by atoms with Gasteiger partial charge in [0.15, 0.2) is 0 Å². The summed E-state index contributed by atoms with van der Waals surface area (Å²) >= 11 is 3.58. The van der Waals surface area contributed by atoms with E-state index < -0.39 is 22.4 Å². The van der Waals surface area contributed by atoms with Crippen LogP contribution in [-0.2, 0) is 19.5 Å². The fraction of sp³-hybridized carbons (Fsp3) is 0.667. The molecule has 0 rings (SSSR count). The van der Waals surface area contributed by atoms with E-state index in [-0.39, 0.29) is 5.75 Å². The van der Waals surface area contributed by atoms with Crippen molar-refractivity contribution in [2.24, 2.45) is 0 Å². The van der Waals surface area contributed by atoms with Crippen molar-refractivity contribution in [1.82, 2.24) is 5.48 Å². The molecule has 0 aliphatic rings. The molecule has 0 aliphatic heterocycles. The zero-order chi connectivity index (χ0) is 9.78. The van der Waals surface area contributed by atoms with Gasteiger partial charge in [-0.05, 0) is 0 Å². The molecule has 0 aromatic rings. The van der Waals surface area contributed by atoms with E-state index in [0.29, 0.717) is 0 Å². The van der Waals surface area contributed by atoms with Gasteiger partial charge in [0.25, 0.3) is 0 Å². The summed E-state index contributed by atoms with van der Waals surface area (Å²) in [6.07, 6.45) is 0. The minimum Gasteiger partial charge on any atom is -0.480 e. The van der Waals surface area contributed by atoms with Gasteiger partial charge >= 0.3 is 16.4 Å². The number of carboxylic acids is 1. The minimum atomic E-state index is -4.67. The van der Waals surface area contributed by atoms with Gasteiger partial charge in [0.1, 0.15) is 6.04 Å². The average Bonchev–Trinajstić information content (AvgIpc) is 1.85. The van der Waals surface area contributed by atoms with Crippen molar-refractivity contribution in [3.63, 3.8) is 0 Å². The smallest absolute Gasteiger partial charge is 0.413 e. The lowest BCUT2D eigenvalue weighted by molar-refractivity contribution is -0.140.